The van der Waals surface area contributed by atoms with Gasteiger partial charge in [-0.15, -0.1) is 0 Å². The van der Waals surface area contributed by atoms with Crippen LogP contribution >= 0.6 is 0 Å². The van der Waals surface area contributed by atoms with Crippen LogP contribution in [-0.2, 0) is 27.3 Å². The maximum Gasteiger partial charge on any atom is 0.255 e. The van der Waals surface area contributed by atoms with Crippen LogP contribution < -0.4 is 5.73 Å². The van der Waals surface area contributed by atoms with Crippen LogP contribution in [0.25, 0.3) is 0 Å². The molecular weight excluding hydrogens is 501 g/mol. The number of fused-ring (bicyclic) bond motifs is 3. The van der Waals surface area contributed by atoms with Crippen LogP contribution in [0.2, 0.25) is 0 Å². The Balaban J connectivity index is 1.50. The Labute approximate surface area is 216 Å². The van der Waals surface area contributed by atoms with Gasteiger partial charge in [0.15, 0.2) is 11.4 Å². The van der Waals surface area contributed by atoms with Crippen molar-refractivity contribution in [3.05, 3.63) is 51.2 Å². The Morgan fingerprint density at radius 2 is 1.79 bits per heavy atom. The lowest BCUT2D eigenvalue weighted by molar-refractivity contribution is -0.144. The van der Waals surface area contributed by atoms with Crippen LogP contribution in [0.4, 0.5) is 4.39 Å². The molecule has 1 aromatic carbocycles. The second-order valence-corrected chi connectivity index (χ2v) is 10.4. The molecule has 3 atom stereocenters. The first-order valence-corrected chi connectivity index (χ1v) is 12.3. The van der Waals surface area contributed by atoms with Crippen molar-refractivity contribution in [3.8, 4) is 5.75 Å². The number of benzene rings is 1. The molecule has 11 nitrogen and oxygen atoms in total. The lowest BCUT2D eigenvalue weighted by Crippen LogP contribution is -2.57. The summed E-state index contributed by atoms with van der Waals surface area (Å²) in [5.41, 5.74) is 1.13. The van der Waals surface area contributed by atoms with Gasteiger partial charge in [-0.3, -0.25) is 24.1 Å². The molecule has 3 aliphatic carbocycles. The summed E-state index contributed by atoms with van der Waals surface area (Å²) in [5.74, 6) is -8.21. The van der Waals surface area contributed by atoms with Gasteiger partial charge in [-0.1, -0.05) is 0 Å². The monoisotopic (exact) mass is 529 g/mol. The summed E-state index contributed by atoms with van der Waals surface area (Å²) in [5, 5.41) is 43.3. The zero-order chi connectivity index (χ0) is 27.7. The number of hydrogen-bond acceptors (Lipinski definition) is 9. The SMILES string of the molecule is CC(=O)N1CCN(Cc2cc(O)c3c(c2F)CC2C[C@H]4CC(O)=C(C(N)=O)C(=O)[C@@]4(O)C(O)=C2C3=O)CC1. The van der Waals surface area contributed by atoms with Crippen LogP contribution in [0.1, 0.15) is 41.3 Å². The Hall–Kier alpha value is -3.77. The molecule has 1 heterocycles. The fourth-order valence-electron chi connectivity index (χ4n) is 6.30. The minimum atomic E-state index is -2.66. The number of nitrogens with zero attached hydrogens (tertiary/aromatic N) is 2. The highest BCUT2D eigenvalue weighted by atomic mass is 19.1. The van der Waals surface area contributed by atoms with Crippen molar-refractivity contribution < 1.29 is 44.0 Å². The van der Waals surface area contributed by atoms with Gasteiger partial charge in [0.2, 0.25) is 11.7 Å². The third-order valence-electron chi connectivity index (χ3n) is 8.28. The Morgan fingerprint density at radius 3 is 2.39 bits per heavy atom. The van der Waals surface area contributed by atoms with E-state index in [1.807, 2.05) is 4.90 Å². The van der Waals surface area contributed by atoms with Gasteiger partial charge in [-0.25, -0.2) is 4.39 Å². The topological polar surface area (TPSA) is 182 Å². The molecule has 0 aromatic heterocycles. The summed E-state index contributed by atoms with van der Waals surface area (Å²) >= 11 is 0. The van der Waals surface area contributed by atoms with Gasteiger partial charge in [-0.2, -0.15) is 0 Å². The Bertz CT molecular complexity index is 1360. The number of Topliss-reactive ketones (excluding diaryl/α,β-unsaturated/α-hetero) is 2. The Morgan fingerprint density at radius 1 is 1.13 bits per heavy atom. The fourth-order valence-corrected chi connectivity index (χ4v) is 6.30. The second kappa shape index (κ2) is 8.91. The summed E-state index contributed by atoms with van der Waals surface area (Å²) in [6.07, 6.45) is -0.518. The quantitative estimate of drug-likeness (QED) is 0.346. The number of allylic oxidation sites excluding steroid dienone is 2. The average molecular weight is 530 g/mol. The molecular formula is C26H28FN3O8. The minimum absolute atomic E-state index is 0.0286. The summed E-state index contributed by atoms with van der Waals surface area (Å²) in [4.78, 5) is 53.4. The van der Waals surface area contributed by atoms with E-state index in [-0.39, 0.29) is 54.0 Å². The standard InChI is InChI=1S/C26H28FN3O8/c1-11(31)30-4-2-29(3-5-30)10-13-8-16(32)19-15(21(13)27)7-12-6-14-9-17(33)20(25(28)37)24(36)26(14,38)23(35)18(12)22(19)34/h8,12,14,32-33,35,38H,2-7,9-10H2,1H3,(H2,28,37)/t12?,14-,26-/m0/s1. The number of phenols is 1. The summed E-state index contributed by atoms with van der Waals surface area (Å²) in [6.45, 7) is 3.64. The number of ketones is 2. The number of nitrogens with two attached hydrogens (primary N) is 1. The van der Waals surface area contributed by atoms with Crippen LogP contribution in [-0.4, -0.2) is 85.4 Å². The number of halogens is 1. The number of aromatic hydroxyl groups is 1. The zero-order valence-electron chi connectivity index (χ0n) is 20.7. The molecule has 2 amide bonds. The zero-order valence-corrected chi connectivity index (χ0v) is 20.7. The molecule has 0 spiro atoms. The number of carbonyl (C=O) groups excluding carboxylic acids is 4. The van der Waals surface area contributed by atoms with E-state index in [4.69, 9.17) is 5.73 Å². The molecule has 6 N–H and O–H groups in total. The molecule has 1 aromatic rings. The van der Waals surface area contributed by atoms with Crippen LogP contribution in [0.3, 0.4) is 0 Å². The normalized spacial score (nSPS) is 27.7. The van der Waals surface area contributed by atoms with E-state index in [1.165, 1.54) is 6.92 Å². The van der Waals surface area contributed by atoms with E-state index in [2.05, 4.69) is 0 Å². The van der Waals surface area contributed by atoms with Crippen molar-refractivity contribution in [2.24, 2.45) is 17.6 Å². The lowest BCUT2D eigenvalue weighted by atomic mass is 9.60. The smallest absolute Gasteiger partial charge is 0.255 e. The number of aliphatic hydroxyl groups excluding tert-OH is 2. The summed E-state index contributed by atoms with van der Waals surface area (Å²) in [7, 11) is 0. The first-order valence-electron chi connectivity index (χ1n) is 12.3. The third-order valence-corrected chi connectivity index (χ3v) is 8.28. The first kappa shape index (κ1) is 25.9. The number of hydrogen-bond donors (Lipinski definition) is 5. The van der Waals surface area contributed by atoms with E-state index in [1.54, 1.807) is 4.90 Å². The maximum atomic E-state index is 15.8. The van der Waals surface area contributed by atoms with Crippen LogP contribution in [0.15, 0.2) is 28.7 Å². The van der Waals surface area contributed by atoms with Crippen molar-refractivity contribution in [3.63, 3.8) is 0 Å². The molecule has 12 heteroatoms. The number of piperazine rings is 1. The van der Waals surface area contributed by atoms with Gasteiger partial charge >= 0.3 is 0 Å². The highest BCUT2D eigenvalue weighted by Gasteiger charge is 2.59. The van der Waals surface area contributed by atoms with Crippen molar-refractivity contribution in [2.45, 2.75) is 38.3 Å². The molecule has 4 aliphatic rings. The van der Waals surface area contributed by atoms with Crippen molar-refractivity contribution in [2.75, 3.05) is 26.2 Å². The highest BCUT2D eigenvalue weighted by molar-refractivity contribution is 6.24. The molecule has 5 rings (SSSR count). The number of amides is 2. The van der Waals surface area contributed by atoms with Crippen molar-refractivity contribution in [1.29, 1.82) is 0 Å². The van der Waals surface area contributed by atoms with Gasteiger partial charge in [0.05, 0.1) is 5.56 Å². The molecule has 0 saturated carbocycles. The molecule has 1 saturated heterocycles. The average Bonchev–Trinajstić information content (AvgIpc) is 2.84. The van der Waals surface area contributed by atoms with E-state index >= 15 is 4.39 Å². The summed E-state index contributed by atoms with van der Waals surface area (Å²) in [6, 6.07) is 1.15. The molecule has 38 heavy (non-hydrogen) atoms. The molecule has 202 valence electrons. The minimum Gasteiger partial charge on any atom is -0.511 e. The fraction of sp³-hybridized carbons (Fsp3) is 0.462. The predicted octanol–water partition coefficient (Wildman–Crippen LogP) is 0.384. The van der Waals surface area contributed by atoms with Crippen molar-refractivity contribution >= 4 is 23.4 Å². The van der Waals surface area contributed by atoms with Gasteiger partial charge in [0, 0.05) is 68.7 Å². The van der Waals surface area contributed by atoms with E-state index < -0.39 is 63.6 Å². The molecule has 0 radical (unpaired) electrons. The molecule has 1 fully saturated rings. The van der Waals surface area contributed by atoms with Crippen LogP contribution in [0.5, 0.6) is 5.75 Å². The van der Waals surface area contributed by atoms with Crippen LogP contribution in [0, 0.1) is 17.7 Å². The number of aliphatic hydroxyl groups is 3. The first-order chi connectivity index (χ1) is 17.9. The number of carbonyl (C=O) groups is 4. The van der Waals surface area contributed by atoms with Gasteiger partial charge < -0.3 is 31.1 Å². The number of rotatable bonds is 3. The lowest BCUT2D eigenvalue weighted by Gasteiger charge is -2.45. The van der Waals surface area contributed by atoms with Gasteiger partial charge in [0.1, 0.15) is 28.7 Å². The van der Waals surface area contributed by atoms with E-state index in [0.717, 1.165) is 6.07 Å². The maximum absolute atomic E-state index is 15.8. The molecule has 1 aliphatic heterocycles. The second-order valence-electron chi connectivity index (χ2n) is 10.4. The van der Waals surface area contributed by atoms with Gasteiger partial charge in [-0.05, 0) is 24.8 Å². The Kier molecular flexibility index (Phi) is 6.07. The number of primary amides is 1. The van der Waals surface area contributed by atoms with Crippen molar-refractivity contribution in [1.82, 2.24) is 9.80 Å². The number of phenolic OH excluding ortho intramolecular Hbond substituents is 1. The van der Waals surface area contributed by atoms with E-state index in [9.17, 15) is 39.6 Å². The third kappa shape index (κ3) is 3.70. The molecule has 1 unspecified atom stereocenters. The van der Waals surface area contributed by atoms with E-state index in [0.29, 0.717) is 26.2 Å². The predicted molar refractivity (Wildman–Crippen MR) is 128 cm³/mol. The largest absolute Gasteiger partial charge is 0.511 e. The van der Waals surface area contributed by atoms with Gasteiger partial charge in [0.25, 0.3) is 5.91 Å². The molecule has 0 bridgehead atoms. The highest BCUT2D eigenvalue weighted by Crippen LogP contribution is 2.51. The summed E-state index contributed by atoms with van der Waals surface area (Å²) < 4.78 is 15.8.